The minimum absolute atomic E-state index is 0.688. The highest BCUT2D eigenvalue weighted by atomic mass is 16.5. The molecule has 4 atom stereocenters. The van der Waals surface area contributed by atoms with Gasteiger partial charge in [0, 0.05) is 11.8 Å². The molecular weight excluding hydrogens is 152 g/mol. The predicted molar refractivity (Wildman–Crippen MR) is 44.7 cm³/mol. The zero-order chi connectivity index (χ0) is 7.97. The van der Waals surface area contributed by atoms with Gasteiger partial charge in [-0.25, -0.2) is 0 Å². The number of ether oxygens (including phenoxy) is 2. The second kappa shape index (κ2) is 2.57. The third-order valence-corrected chi connectivity index (χ3v) is 3.50. The molecule has 2 nitrogen and oxygen atoms in total. The van der Waals surface area contributed by atoms with Crippen LogP contribution in [0.5, 0.6) is 0 Å². The molecule has 0 amide bonds. The van der Waals surface area contributed by atoms with Crippen LogP contribution in [0.1, 0.15) is 0 Å². The van der Waals surface area contributed by atoms with E-state index >= 15 is 0 Å². The van der Waals surface area contributed by atoms with Crippen molar-refractivity contribution in [1.82, 2.24) is 0 Å². The van der Waals surface area contributed by atoms with Crippen LogP contribution in [-0.2, 0) is 9.47 Å². The molecule has 0 aromatic rings. The summed E-state index contributed by atoms with van der Waals surface area (Å²) < 4.78 is 11.0. The van der Waals surface area contributed by atoms with Crippen LogP contribution in [0.25, 0.3) is 0 Å². The van der Waals surface area contributed by atoms with Gasteiger partial charge < -0.3 is 9.47 Å². The van der Waals surface area contributed by atoms with Crippen LogP contribution in [0.4, 0.5) is 0 Å². The largest absolute Gasteiger partial charge is 0.381 e. The molecule has 2 aliphatic heterocycles. The van der Waals surface area contributed by atoms with Crippen molar-refractivity contribution in [3.63, 3.8) is 0 Å². The van der Waals surface area contributed by atoms with E-state index in [0.29, 0.717) is 11.8 Å². The average molecular weight is 166 g/mol. The maximum Gasteiger partial charge on any atom is 0.0532 e. The van der Waals surface area contributed by atoms with Crippen molar-refractivity contribution in [2.45, 2.75) is 0 Å². The molecule has 4 unspecified atom stereocenters. The summed E-state index contributed by atoms with van der Waals surface area (Å²) >= 11 is 0. The van der Waals surface area contributed by atoms with Crippen LogP contribution in [0.3, 0.4) is 0 Å². The van der Waals surface area contributed by atoms with Gasteiger partial charge in [0.25, 0.3) is 0 Å². The fourth-order valence-corrected chi connectivity index (χ4v) is 2.74. The van der Waals surface area contributed by atoms with Gasteiger partial charge in [0.2, 0.25) is 0 Å². The van der Waals surface area contributed by atoms with Crippen LogP contribution < -0.4 is 0 Å². The molecule has 12 heavy (non-hydrogen) atoms. The molecule has 0 N–H and O–H groups in total. The number of rotatable bonds is 0. The third kappa shape index (κ3) is 0.882. The Morgan fingerprint density at radius 3 is 1.75 bits per heavy atom. The smallest absolute Gasteiger partial charge is 0.0532 e. The van der Waals surface area contributed by atoms with Gasteiger partial charge in [-0.15, -0.1) is 0 Å². The van der Waals surface area contributed by atoms with Crippen LogP contribution in [-0.4, -0.2) is 26.4 Å². The van der Waals surface area contributed by atoms with E-state index in [2.05, 4.69) is 12.2 Å². The molecule has 3 rings (SSSR count). The van der Waals surface area contributed by atoms with Crippen molar-refractivity contribution < 1.29 is 9.47 Å². The molecule has 3 aliphatic rings. The van der Waals surface area contributed by atoms with Gasteiger partial charge in [0.15, 0.2) is 0 Å². The van der Waals surface area contributed by atoms with Gasteiger partial charge >= 0.3 is 0 Å². The van der Waals surface area contributed by atoms with Crippen LogP contribution >= 0.6 is 0 Å². The molecular formula is C10H14O2. The molecule has 0 aromatic heterocycles. The summed E-state index contributed by atoms with van der Waals surface area (Å²) in [6.07, 6.45) is 4.68. The molecule has 0 spiro atoms. The first kappa shape index (κ1) is 7.10. The fraction of sp³-hybridized carbons (Fsp3) is 0.800. The van der Waals surface area contributed by atoms with E-state index in [1.807, 2.05) is 0 Å². The van der Waals surface area contributed by atoms with Gasteiger partial charge in [-0.05, 0) is 11.8 Å². The van der Waals surface area contributed by atoms with E-state index in [1.54, 1.807) is 0 Å². The first-order chi connectivity index (χ1) is 5.95. The molecule has 66 valence electrons. The summed E-state index contributed by atoms with van der Waals surface area (Å²) in [7, 11) is 0. The SMILES string of the molecule is C1=CC2COCC2C2COCC12. The summed E-state index contributed by atoms with van der Waals surface area (Å²) in [5, 5.41) is 0. The summed E-state index contributed by atoms with van der Waals surface area (Å²) in [4.78, 5) is 0. The maximum absolute atomic E-state index is 5.49. The van der Waals surface area contributed by atoms with Crippen molar-refractivity contribution in [3.8, 4) is 0 Å². The predicted octanol–water partition coefficient (Wildman–Crippen LogP) is 1.08. The van der Waals surface area contributed by atoms with Gasteiger partial charge in [-0.1, -0.05) is 12.2 Å². The lowest BCUT2D eigenvalue weighted by molar-refractivity contribution is 0.149. The standard InChI is InChI=1S/C10H14O2/c1-2-8-4-12-6-10(8)9-5-11-3-7(1)9/h1-2,7-10H,3-6H2. The van der Waals surface area contributed by atoms with Gasteiger partial charge in [0.1, 0.15) is 0 Å². The van der Waals surface area contributed by atoms with Crippen LogP contribution in [0, 0.1) is 23.7 Å². The second-order valence-electron chi connectivity index (χ2n) is 4.12. The molecule has 0 radical (unpaired) electrons. The Balaban J connectivity index is 1.89. The molecule has 2 heterocycles. The Morgan fingerprint density at radius 2 is 1.25 bits per heavy atom. The fourth-order valence-electron chi connectivity index (χ4n) is 2.74. The summed E-state index contributed by atoms with van der Waals surface area (Å²) in [5.74, 6) is 2.88. The first-order valence-corrected chi connectivity index (χ1v) is 4.79. The van der Waals surface area contributed by atoms with E-state index in [4.69, 9.17) is 9.47 Å². The second-order valence-corrected chi connectivity index (χ2v) is 4.12. The van der Waals surface area contributed by atoms with Crippen LogP contribution in [0.15, 0.2) is 12.2 Å². The number of fused-ring (bicyclic) bond motifs is 3. The van der Waals surface area contributed by atoms with Gasteiger partial charge in [-0.2, -0.15) is 0 Å². The van der Waals surface area contributed by atoms with Crippen molar-refractivity contribution in [3.05, 3.63) is 12.2 Å². The van der Waals surface area contributed by atoms with E-state index < -0.39 is 0 Å². The molecule has 2 fully saturated rings. The minimum Gasteiger partial charge on any atom is -0.381 e. The Morgan fingerprint density at radius 1 is 0.750 bits per heavy atom. The maximum atomic E-state index is 5.49. The Bertz CT molecular complexity index is 190. The molecule has 1 aliphatic carbocycles. The lowest BCUT2D eigenvalue weighted by atomic mass is 9.74. The zero-order valence-corrected chi connectivity index (χ0v) is 7.11. The van der Waals surface area contributed by atoms with Crippen LogP contribution in [0.2, 0.25) is 0 Å². The van der Waals surface area contributed by atoms with Gasteiger partial charge in [-0.3, -0.25) is 0 Å². The highest BCUT2D eigenvalue weighted by molar-refractivity contribution is 5.08. The number of hydrogen-bond donors (Lipinski definition) is 0. The first-order valence-electron chi connectivity index (χ1n) is 4.79. The van der Waals surface area contributed by atoms with Crippen molar-refractivity contribution in [1.29, 1.82) is 0 Å². The summed E-state index contributed by atoms with van der Waals surface area (Å²) in [5.41, 5.74) is 0. The lowest BCUT2D eigenvalue weighted by Gasteiger charge is -2.28. The minimum atomic E-state index is 0.688. The van der Waals surface area contributed by atoms with Crippen molar-refractivity contribution in [2.75, 3.05) is 26.4 Å². The molecule has 0 bridgehead atoms. The van der Waals surface area contributed by atoms with E-state index in [9.17, 15) is 0 Å². The highest BCUT2D eigenvalue weighted by Gasteiger charge is 2.42. The topological polar surface area (TPSA) is 18.5 Å². The Hall–Kier alpha value is -0.340. The summed E-state index contributed by atoms with van der Waals surface area (Å²) in [6, 6.07) is 0. The monoisotopic (exact) mass is 166 g/mol. The summed E-state index contributed by atoms with van der Waals surface area (Å²) in [6.45, 7) is 3.79. The van der Waals surface area contributed by atoms with E-state index in [-0.39, 0.29) is 0 Å². The lowest BCUT2D eigenvalue weighted by Crippen LogP contribution is -2.29. The number of hydrogen-bond acceptors (Lipinski definition) is 2. The van der Waals surface area contributed by atoms with Crippen molar-refractivity contribution >= 4 is 0 Å². The highest BCUT2D eigenvalue weighted by Crippen LogP contribution is 2.41. The van der Waals surface area contributed by atoms with E-state index in [0.717, 1.165) is 38.3 Å². The normalized spacial score (nSPS) is 50.7. The molecule has 0 aromatic carbocycles. The quantitative estimate of drug-likeness (QED) is 0.501. The molecule has 2 saturated heterocycles. The third-order valence-electron chi connectivity index (χ3n) is 3.50. The molecule has 2 heteroatoms. The Kier molecular flexibility index (Phi) is 1.52. The average Bonchev–Trinajstić information content (AvgIpc) is 2.71. The van der Waals surface area contributed by atoms with Gasteiger partial charge in [0.05, 0.1) is 26.4 Å². The van der Waals surface area contributed by atoms with E-state index in [1.165, 1.54) is 0 Å². The van der Waals surface area contributed by atoms with Crippen molar-refractivity contribution in [2.24, 2.45) is 23.7 Å². The Labute approximate surface area is 72.5 Å². The molecule has 0 saturated carbocycles. The zero-order valence-electron chi connectivity index (χ0n) is 7.11.